The maximum absolute atomic E-state index is 2.53. The zero-order valence-electron chi connectivity index (χ0n) is 27.5. The van der Waals surface area contributed by atoms with Gasteiger partial charge < -0.3 is 9.80 Å². The molecule has 0 radical (unpaired) electrons. The van der Waals surface area contributed by atoms with E-state index in [-0.39, 0.29) is 6.04 Å². The van der Waals surface area contributed by atoms with Crippen LogP contribution in [0.1, 0.15) is 42.4 Å². The molecule has 4 atom stereocenters. The molecule has 0 spiro atoms. The molecule has 2 nitrogen and oxygen atoms in total. The molecule has 234 valence electrons. The van der Waals surface area contributed by atoms with Crippen molar-refractivity contribution in [1.29, 1.82) is 0 Å². The van der Waals surface area contributed by atoms with E-state index >= 15 is 0 Å². The van der Waals surface area contributed by atoms with Gasteiger partial charge in [0.15, 0.2) is 0 Å². The number of nitrogens with zero attached hydrogens (tertiary/aromatic N) is 2. The molecule has 0 aliphatic heterocycles. The monoisotopic (exact) mass is 620 g/mol. The van der Waals surface area contributed by atoms with E-state index in [0.29, 0.717) is 17.8 Å². The molecule has 48 heavy (non-hydrogen) atoms. The van der Waals surface area contributed by atoms with Crippen LogP contribution in [0.15, 0.2) is 182 Å². The third-order valence-electron chi connectivity index (χ3n) is 10.1. The molecule has 2 aliphatic rings. The van der Waals surface area contributed by atoms with E-state index in [2.05, 4.69) is 206 Å². The van der Waals surface area contributed by atoms with Gasteiger partial charge in [0.2, 0.25) is 0 Å². The van der Waals surface area contributed by atoms with Gasteiger partial charge in [0.05, 0.1) is 6.04 Å². The molecule has 0 saturated carbocycles. The number of allylic oxidation sites excluding steroid dienone is 3. The van der Waals surface area contributed by atoms with Crippen LogP contribution in [-0.2, 0) is 0 Å². The van der Waals surface area contributed by atoms with Crippen LogP contribution in [0, 0.1) is 5.92 Å². The van der Waals surface area contributed by atoms with Crippen LogP contribution in [0.3, 0.4) is 0 Å². The third kappa shape index (κ3) is 5.65. The molecule has 0 saturated heterocycles. The summed E-state index contributed by atoms with van der Waals surface area (Å²) >= 11 is 0. The number of hydrogen-bond acceptors (Lipinski definition) is 2. The lowest BCUT2D eigenvalue weighted by atomic mass is 9.81. The van der Waals surface area contributed by atoms with Crippen LogP contribution in [0.4, 0.5) is 22.7 Å². The molecule has 0 fully saturated rings. The second-order valence-corrected chi connectivity index (χ2v) is 13.1. The predicted molar refractivity (Wildman–Crippen MR) is 204 cm³/mol. The number of rotatable bonds is 7. The minimum Gasteiger partial charge on any atom is -0.334 e. The Morgan fingerprint density at radius 2 is 1.12 bits per heavy atom. The Bertz CT molecular complexity index is 2130. The highest BCUT2D eigenvalue weighted by atomic mass is 15.2. The zero-order chi connectivity index (χ0) is 32.5. The van der Waals surface area contributed by atoms with Gasteiger partial charge in [-0.1, -0.05) is 141 Å². The topological polar surface area (TPSA) is 6.48 Å². The Morgan fingerprint density at radius 3 is 1.88 bits per heavy atom. The highest BCUT2D eigenvalue weighted by Gasteiger charge is 2.31. The van der Waals surface area contributed by atoms with Crippen molar-refractivity contribution in [3.63, 3.8) is 0 Å². The first-order valence-corrected chi connectivity index (χ1v) is 17.1. The van der Waals surface area contributed by atoms with Crippen molar-refractivity contribution in [2.75, 3.05) is 9.80 Å². The summed E-state index contributed by atoms with van der Waals surface area (Å²) in [6.45, 7) is 4.71. The highest BCUT2D eigenvalue weighted by Crippen LogP contribution is 2.41. The van der Waals surface area contributed by atoms with Crippen LogP contribution < -0.4 is 9.80 Å². The maximum Gasteiger partial charge on any atom is 0.0591 e. The van der Waals surface area contributed by atoms with Gasteiger partial charge in [-0.05, 0) is 88.0 Å². The number of hydrogen-bond donors (Lipinski definition) is 0. The van der Waals surface area contributed by atoms with Crippen LogP contribution in [0.5, 0.6) is 0 Å². The molecular formula is C46H40N2. The molecule has 4 unspecified atom stereocenters. The van der Waals surface area contributed by atoms with Gasteiger partial charge in [-0.25, -0.2) is 0 Å². The summed E-state index contributed by atoms with van der Waals surface area (Å²) in [5.41, 5.74) is 9.99. The molecule has 2 aliphatic carbocycles. The van der Waals surface area contributed by atoms with Crippen molar-refractivity contribution < 1.29 is 0 Å². The zero-order valence-corrected chi connectivity index (χ0v) is 27.5. The Labute approximate surface area is 284 Å². The lowest BCUT2D eigenvalue weighted by molar-refractivity contribution is 0.598. The van der Waals surface area contributed by atoms with E-state index in [9.17, 15) is 0 Å². The van der Waals surface area contributed by atoms with Gasteiger partial charge in [-0.15, -0.1) is 0 Å². The Kier molecular flexibility index (Phi) is 8.00. The Balaban J connectivity index is 1.09. The van der Waals surface area contributed by atoms with Crippen LogP contribution >= 0.6 is 0 Å². The summed E-state index contributed by atoms with van der Waals surface area (Å²) in [7, 11) is 0. The van der Waals surface area contributed by atoms with Gasteiger partial charge in [-0.3, -0.25) is 0 Å². The predicted octanol–water partition coefficient (Wildman–Crippen LogP) is 12.2. The van der Waals surface area contributed by atoms with Crippen molar-refractivity contribution in [3.8, 4) is 0 Å². The number of para-hydroxylation sites is 2. The first-order valence-electron chi connectivity index (χ1n) is 17.1. The number of benzene rings is 6. The van der Waals surface area contributed by atoms with E-state index in [4.69, 9.17) is 0 Å². The first kappa shape index (κ1) is 29.8. The average molecular weight is 621 g/mol. The van der Waals surface area contributed by atoms with Gasteiger partial charge in [0, 0.05) is 40.3 Å². The minimum absolute atomic E-state index is 0.223. The summed E-state index contributed by atoms with van der Waals surface area (Å²) in [6, 6.07) is 55.0. The van der Waals surface area contributed by atoms with E-state index in [0.717, 1.165) is 17.1 Å². The van der Waals surface area contributed by atoms with Crippen molar-refractivity contribution in [2.45, 2.75) is 31.7 Å². The Hall–Kier alpha value is -5.60. The van der Waals surface area contributed by atoms with Crippen molar-refractivity contribution in [1.82, 2.24) is 0 Å². The lowest BCUT2D eigenvalue weighted by Crippen LogP contribution is -2.38. The molecule has 0 aromatic heterocycles. The quantitative estimate of drug-likeness (QED) is 0.175. The molecule has 0 N–H and O–H groups in total. The van der Waals surface area contributed by atoms with Crippen LogP contribution in [0.25, 0.3) is 16.8 Å². The summed E-state index contributed by atoms with van der Waals surface area (Å²) in [5.74, 6) is 0.991. The van der Waals surface area contributed by atoms with Crippen molar-refractivity contribution in [3.05, 3.63) is 198 Å². The normalized spacial score (nSPS) is 19.8. The molecular weight excluding hydrogens is 581 g/mol. The molecule has 0 heterocycles. The fourth-order valence-electron chi connectivity index (χ4n) is 7.59. The van der Waals surface area contributed by atoms with Gasteiger partial charge in [0.1, 0.15) is 0 Å². The van der Waals surface area contributed by atoms with E-state index in [1.165, 1.54) is 38.8 Å². The summed E-state index contributed by atoms with van der Waals surface area (Å²) < 4.78 is 0. The van der Waals surface area contributed by atoms with E-state index < -0.39 is 0 Å². The molecule has 0 amide bonds. The average Bonchev–Trinajstić information content (AvgIpc) is 3.14. The third-order valence-corrected chi connectivity index (χ3v) is 10.1. The summed E-state index contributed by atoms with van der Waals surface area (Å²) in [6.07, 6.45) is 11.9. The van der Waals surface area contributed by atoms with Crippen molar-refractivity contribution >= 4 is 39.6 Å². The smallest absolute Gasteiger partial charge is 0.0591 e. The van der Waals surface area contributed by atoms with Crippen molar-refractivity contribution in [2.24, 2.45) is 5.92 Å². The number of fused-ring (bicyclic) bond motifs is 2. The van der Waals surface area contributed by atoms with Crippen LogP contribution in [0.2, 0.25) is 0 Å². The summed E-state index contributed by atoms with van der Waals surface area (Å²) in [5, 5.41) is 2.49. The van der Waals surface area contributed by atoms with Gasteiger partial charge in [0.25, 0.3) is 0 Å². The van der Waals surface area contributed by atoms with E-state index in [1.54, 1.807) is 0 Å². The molecule has 6 aromatic rings. The molecule has 0 bridgehead atoms. The summed E-state index contributed by atoms with van der Waals surface area (Å²) in [4.78, 5) is 4.88. The second-order valence-electron chi connectivity index (χ2n) is 13.1. The molecule has 6 aromatic carbocycles. The van der Waals surface area contributed by atoms with Gasteiger partial charge >= 0.3 is 0 Å². The molecule has 2 heteroatoms. The van der Waals surface area contributed by atoms with E-state index in [1.807, 2.05) is 0 Å². The maximum atomic E-state index is 2.53. The fraction of sp³-hybridized carbons (Fsp3) is 0.130. The standard InChI is InChI=1S/C46H40N2/c1-33-31-42(48(40-18-7-4-8-19-40)46-30-24-36-14-11-12-20-45(36)34(46)2)28-29-44(33)37-22-25-41(26-23-37)47(39-16-5-3-6-17-39)43-27-21-35-13-9-10-15-38(35)32-43/h3-34,44,46H,1-2H3. The SMILES string of the molecule is CC1C=C(N(c2ccccc2)C2C=Cc3ccccc3C2C)C=CC1c1ccc(N(c2ccccc2)c2ccc3ccccc3c2)cc1. The fourth-order valence-corrected chi connectivity index (χ4v) is 7.59. The largest absolute Gasteiger partial charge is 0.334 e. The Morgan fingerprint density at radius 1 is 0.500 bits per heavy atom. The molecule has 8 rings (SSSR count). The number of anilines is 4. The first-order chi connectivity index (χ1) is 23.6. The van der Waals surface area contributed by atoms with Crippen LogP contribution in [-0.4, -0.2) is 6.04 Å². The highest BCUT2D eigenvalue weighted by molar-refractivity contribution is 5.89. The second kappa shape index (κ2) is 12.9. The van der Waals surface area contributed by atoms with Gasteiger partial charge in [-0.2, -0.15) is 0 Å². The lowest BCUT2D eigenvalue weighted by Gasteiger charge is -2.40. The minimum atomic E-state index is 0.223.